The number of carbonyl (C=O) groups is 1. The summed E-state index contributed by atoms with van der Waals surface area (Å²) in [5.41, 5.74) is 3.64. The molecule has 0 heterocycles. The smallest absolute Gasteiger partial charge is 0.319 e. The van der Waals surface area contributed by atoms with Crippen molar-refractivity contribution >= 4 is 11.7 Å². The lowest BCUT2D eigenvalue weighted by atomic mass is 10.1. The van der Waals surface area contributed by atoms with E-state index in [4.69, 9.17) is 5.26 Å². The van der Waals surface area contributed by atoms with Crippen LogP contribution in [0, 0.1) is 11.3 Å². The van der Waals surface area contributed by atoms with Gasteiger partial charge in [0.1, 0.15) is 0 Å². The van der Waals surface area contributed by atoms with Gasteiger partial charge in [0.2, 0.25) is 0 Å². The number of amides is 2. The van der Waals surface area contributed by atoms with Crippen LogP contribution in [0.5, 0.6) is 0 Å². The number of rotatable bonds is 2. The van der Waals surface area contributed by atoms with Crippen molar-refractivity contribution in [3.63, 3.8) is 0 Å². The van der Waals surface area contributed by atoms with Gasteiger partial charge >= 0.3 is 6.03 Å². The zero-order valence-electron chi connectivity index (χ0n) is 11.5. The first-order chi connectivity index (χ1) is 10.3. The van der Waals surface area contributed by atoms with Gasteiger partial charge in [-0.2, -0.15) is 5.26 Å². The second-order valence-corrected chi connectivity index (χ2v) is 5.08. The Morgan fingerprint density at radius 3 is 2.90 bits per heavy atom. The van der Waals surface area contributed by atoms with Crippen LogP contribution in [0.1, 0.15) is 29.2 Å². The maximum atomic E-state index is 12.1. The third-order valence-electron chi connectivity index (χ3n) is 3.69. The molecule has 2 amide bonds. The Balaban J connectivity index is 1.66. The minimum atomic E-state index is -0.244. The van der Waals surface area contributed by atoms with Crippen LogP contribution in [-0.4, -0.2) is 6.03 Å². The molecule has 2 aromatic carbocycles. The molecule has 4 nitrogen and oxygen atoms in total. The number of nitrogens with one attached hydrogen (secondary N) is 2. The highest BCUT2D eigenvalue weighted by atomic mass is 16.2. The SMILES string of the molecule is N#Cc1cccc(NC(=O)NC2CCc3ccccc32)c1. The Hall–Kier alpha value is -2.80. The van der Waals surface area contributed by atoms with E-state index in [2.05, 4.69) is 28.8 Å². The van der Waals surface area contributed by atoms with Crippen LogP contribution in [0.2, 0.25) is 0 Å². The predicted octanol–water partition coefficient (Wildman–Crippen LogP) is 3.37. The summed E-state index contributed by atoms with van der Waals surface area (Å²) in [6.45, 7) is 0. The maximum absolute atomic E-state index is 12.1. The fraction of sp³-hybridized carbons (Fsp3) is 0.176. The second-order valence-electron chi connectivity index (χ2n) is 5.08. The molecule has 0 bridgehead atoms. The number of benzene rings is 2. The molecule has 1 aliphatic carbocycles. The molecular formula is C17H15N3O. The van der Waals surface area contributed by atoms with Gasteiger partial charge in [0.05, 0.1) is 17.7 Å². The Bertz CT molecular complexity index is 718. The molecule has 0 spiro atoms. The lowest BCUT2D eigenvalue weighted by Crippen LogP contribution is -2.31. The van der Waals surface area contributed by atoms with E-state index in [0.29, 0.717) is 11.3 Å². The molecule has 0 saturated heterocycles. The summed E-state index contributed by atoms with van der Waals surface area (Å²) in [7, 11) is 0. The molecule has 0 aromatic heterocycles. The normalized spacial score (nSPS) is 15.9. The molecular weight excluding hydrogens is 262 g/mol. The van der Waals surface area contributed by atoms with Gasteiger partial charge in [0.25, 0.3) is 0 Å². The molecule has 2 N–H and O–H groups in total. The number of anilines is 1. The van der Waals surface area contributed by atoms with Gasteiger partial charge in [-0.15, -0.1) is 0 Å². The third-order valence-corrected chi connectivity index (χ3v) is 3.69. The standard InChI is InChI=1S/C17H15N3O/c18-11-12-4-3-6-14(10-12)19-17(21)20-16-9-8-13-5-1-2-7-15(13)16/h1-7,10,16H,8-9H2,(H2,19,20,21). The molecule has 0 radical (unpaired) electrons. The molecule has 4 heteroatoms. The largest absolute Gasteiger partial charge is 0.331 e. The predicted molar refractivity (Wildman–Crippen MR) is 80.8 cm³/mol. The van der Waals surface area contributed by atoms with Crippen molar-refractivity contribution in [1.29, 1.82) is 5.26 Å². The monoisotopic (exact) mass is 277 g/mol. The highest BCUT2D eigenvalue weighted by Gasteiger charge is 2.23. The summed E-state index contributed by atoms with van der Waals surface area (Å²) in [6.07, 6.45) is 1.91. The fourth-order valence-electron chi connectivity index (χ4n) is 2.70. The summed E-state index contributed by atoms with van der Waals surface area (Å²) in [4.78, 5) is 12.1. The van der Waals surface area contributed by atoms with Crippen molar-refractivity contribution in [1.82, 2.24) is 5.32 Å². The van der Waals surface area contributed by atoms with Crippen LogP contribution >= 0.6 is 0 Å². The summed E-state index contributed by atoms with van der Waals surface area (Å²) in [5.74, 6) is 0. The first-order valence-electron chi connectivity index (χ1n) is 6.92. The van der Waals surface area contributed by atoms with Crippen LogP contribution in [0.15, 0.2) is 48.5 Å². The Morgan fingerprint density at radius 1 is 1.19 bits per heavy atom. The Kier molecular flexibility index (Phi) is 3.57. The number of hydrogen-bond donors (Lipinski definition) is 2. The quantitative estimate of drug-likeness (QED) is 0.884. The van der Waals surface area contributed by atoms with E-state index >= 15 is 0 Å². The maximum Gasteiger partial charge on any atom is 0.319 e. The summed E-state index contributed by atoms with van der Waals surface area (Å²) >= 11 is 0. The van der Waals surface area contributed by atoms with Crippen molar-refractivity contribution in [2.45, 2.75) is 18.9 Å². The van der Waals surface area contributed by atoms with Crippen LogP contribution < -0.4 is 10.6 Å². The summed E-state index contributed by atoms with van der Waals surface area (Å²) in [6, 6.07) is 16.9. The second kappa shape index (κ2) is 5.68. The Morgan fingerprint density at radius 2 is 2.05 bits per heavy atom. The average molecular weight is 277 g/mol. The topological polar surface area (TPSA) is 64.9 Å². The molecule has 3 rings (SSSR count). The van der Waals surface area contributed by atoms with E-state index in [9.17, 15) is 4.79 Å². The van der Waals surface area contributed by atoms with Gasteiger partial charge in [-0.25, -0.2) is 4.79 Å². The van der Waals surface area contributed by atoms with Gasteiger partial charge in [-0.05, 0) is 42.2 Å². The summed E-state index contributed by atoms with van der Waals surface area (Å²) < 4.78 is 0. The average Bonchev–Trinajstić information content (AvgIpc) is 2.91. The van der Waals surface area contributed by atoms with Crippen LogP contribution in [0.25, 0.3) is 0 Å². The molecule has 21 heavy (non-hydrogen) atoms. The Labute approximate surface area is 123 Å². The number of urea groups is 1. The molecule has 0 saturated carbocycles. The third kappa shape index (κ3) is 2.87. The van der Waals surface area contributed by atoms with E-state index in [-0.39, 0.29) is 12.1 Å². The molecule has 0 fully saturated rings. The van der Waals surface area contributed by atoms with E-state index in [1.54, 1.807) is 24.3 Å². The van der Waals surface area contributed by atoms with Crippen molar-refractivity contribution in [2.75, 3.05) is 5.32 Å². The van der Waals surface area contributed by atoms with Crippen molar-refractivity contribution < 1.29 is 4.79 Å². The molecule has 0 aliphatic heterocycles. The van der Waals surface area contributed by atoms with Crippen LogP contribution in [0.4, 0.5) is 10.5 Å². The number of carbonyl (C=O) groups excluding carboxylic acids is 1. The fourth-order valence-corrected chi connectivity index (χ4v) is 2.70. The minimum Gasteiger partial charge on any atom is -0.331 e. The lowest BCUT2D eigenvalue weighted by molar-refractivity contribution is 0.248. The van der Waals surface area contributed by atoms with Crippen LogP contribution in [0.3, 0.4) is 0 Å². The highest BCUT2D eigenvalue weighted by molar-refractivity contribution is 5.89. The van der Waals surface area contributed by atoms with Crippen LogP contribution in [-0.2, 0) is 6.42 Å². The zero-order chi connectivity index (χ0) is 14.7. The number of hydrogen-bond acceptors (Lipinski definition) is 2. The number of fused-ring (bicyclic) bond motifs is 1. The molecule has 104 valence electrons. The zero-order valence-corrected chi connectivity index (χ0v) is 11.5. The van der Waals surface area contributed by atoms with E-state index in [0.717, 1.165) is 12.8 Å². The highest BCUT2D eigenvalue weighted by Crippen LogP contribution is 2.30. The van der Waals surface area contributed by atoms with Crippen molar-refractivity contribution in [2.24, 2.45) is 0 Å². The van der Waals surface area contributed by atoms with Gasteiger partial charge in [-0.3, -0.25) is 0 Å². The van der Waals surface area contributed by atoms with Gasteiger partial charge < -0.3 is 10.6 Å². The minimum absolute atomic E-state index is 0.0559. The number of aryl methyl sites for hydroxylation is 1. The van der Waals surface area contributed by atoms with E-state index in [1.807, 2.05) is 12.1 Å². The van der Waals surface area contributed by atoms with Crippen molar-refractivity contribution in [3.8, 4) is 6.07 Å². The number of nitriles is 1. The lowest BCUT2D eigenvalue weighted by Gasteiger charge is -2.15. The van der Waals surface area contributed by atoms with E-state index in [1.165, 1.54) is 11.1 Å². The first kappa shape index (κ1) is 13.2. The van der Waals surface area contributed by atoms with Crippen molar-refractivity contribution in [3.05, 3.63) is 65.2 Å². The van der Waals surface area contributed by atoms with Gasteiger partial charge in [0, 0.05) is 5.69 Å². The molecule has 1 atom stereocenters. The van der Waals surface area contributed by atoms with Gasteiger partial charge in [0.15, 0.2) is 0 Å². The molecule has 1 unspecified atom stereocenters. The molecule has 1 aliphatic rings. The van der Waals surface area contributed by atoms with E-state index < -0.39 is 0 Å². The number of nitrogens with zero attached hydrogens (tertiary/aromatic N) is 1. The molecule has 2 aromatic rings. The first-order valence-corrected chi connectivity index (χ1v) is 6.92. The summed E-state index contributed by atoms with van der Waals surface area (Å²) in [5, 5.41) is 14.6. The van der Waals surface area contributed by atoms with Gasteiger partial charge in [-0.1, -0.05) is 30.3 Å².